The van der Waals surface area contributed by atoms with Crippen LogP contribution in [-0.4, -0.2) is 15.3 Å². The van der Waals surface area contributed by atoms with E-state index in [1.807, 2.05) is 62.4 Å². The molecule has 0 unspecified atom stereocenters. The predicted octanol–water partition coefficient (Wildman–Crippen LogP) is 4.33. The van der Waals surface area contributed by atoms with Gasteiger partial charge in [0.1, 0.15) is 5.75 Å². The van der Waals surface area contributed by atoms with Crippen LogP contribution in [0.4, 0.5) is 0 Å². The first-order valence-electron chi connectivity index (χ1n) is 8.30. The maximum Gasteiger partial charge on any atom is 0.119 e. The highest BCUT2D eigenvalue weighted by molar-refractivity contribution is 5.85. The second-order valence-electron chi connectivity index (χ2n) is 6.20. The lowest BCUT2D eigenvalue weighted by Crippen LogP contribution is -1.98. The molecule has 3 nitrogen and oxygen atoms in total. The monoisotopic (exact) mass is 334 g/mol. The van der Waals surface area contributed by atoms with Gasteiger partial charge in [0.15, 0.2) is 0 Å². The van der Waals surface area contributed by atoms with E-state index in [4.69, 9.17) is 0 Å². The summed E-state index contributed by atoms with van der Waals surface area (Å²) in [7, 11) is 0. The van der Waals surface area contributed by atoms with Gasteiger partial charge in [-0.05, 0) is 64.4 Å². The van der Waals surface area contributed by atoms with Gasteiger partial charge in [-0.1, -0.05) is 48.5 Å². The van der Waals surface area contributed by atoms with Crippen LogP contribution in [0.3, 0.4) is 0 Å². The lowest BCUT2D eigenvalue weighted by atomic mass is 9.86. The first kappa shape index (κ1) is 17.2. The van der Waals surface area contributed by atoms with E-state index in [0.29, 0.717) is 0 Å². The molecule has 0 heterocycles. The van der Waals surface area contributed by atoms with E-state index in [-0.39, 0.29) is 19.0 Å². The molecule has 3 aromatic carbocycles. The van der Waals surface area contributed by atoms with E-state index in [2.05, 4.69) is 0 Å². The minimum atomic E-state index is -0.0627. The molecule has 0 aliphatic rings. The summed E-state index contributed by atoms with van der Waals surface area (Å²) in [5, 5.41) is 29.9. The zero-order valence-corrected chi connectivity index (χ0v) is 14.5. The van der Waals surface area contributed by atoms with Gasteiger partial charge in [-0.15, -0.1) is 0 Å². The highest BCUT2D eigenvalue weighted by atomic mass is 16.3. The normalized spacial score (nSPS) is 10.9. The molecule has 0 fully saturated rings. The van der Waals surface area contributed by atoms with E-state index in [1.165, 1.54) is 0 Å². The van der Waals surface area contributed by atoms with Gasteiger partial charge in [0.05, 0.1) is 13.2 Å². The molecule has 0 aliphatic heterocycles. The van der Waals surface area contributed by atoms with Gasteiger partial charge in [0.2, 0.25) is 0 Å². The lowest BCUT2D eigenvalue weighted by molar-refractivity contribution is 0.282. The maximum atomic E-state index is 10.5. The van der Waals surface area contributed by atoms with Crippen LogP contribution in [0.2, 0.25) is 0 Å². The van der Waals surface area contributed by atoms with Gasteiger partial charge in [-0.25, -0.2) is 0 Å². The summed E-state index contributed by atoms with van der Waals surface area (Å²) >= 11 is 0. The second kappa shape index (κ2) is 7.09. The Hall–Kier alpha value is -2.62. The number of phenols is 1. The van der Waals surface area contributed by atoms with Gasteiger partial charge < -0.3 is 15.3 Å². The van der Waals surface area contributed by atoms with Crippen molar-refractivity contribution in [2.45, 2.75) is 27.1 Å². The second-order valence-corrected chi connectivity index (χ2v) is 6.20. The van der Waals surface area contributed by atoms with Gasteiger partial charge >= 0.3 is 0 Å². The molecular formula is C22H22O3. The molecular weight excluding hydrogens is 312 g/mol. The zero-order valence-electron chi connectivity index (χ0n) is 14.5. The van der Waals surface area contributed by atoms with Crippen LogP contribution in [0.25, 0.3) is 22.3 Å². The van der Waals surface area contributed by atoms with Crippen molar-refractivity contribution in [1.29, 1.82) is 0 Å². The average Bonchev–Trinajstić information content (AvgIpc) is 2.65. The minimum Gasteiger partial charge on any atom is -0.508 e. The van der Waals surface area contributed by atoms with Crippen molar-refractivity contribution in [3.8, 4) is 28.0 Å². The largest absolute Gasteiger partial charge is 0.508 e. The third kappa shape index (κ3) is 3.04. The Morgan fingerprint density at radius 1 is 0.680 bits per heavy atom. The summed E-state index contributed by atoms with van der Waals surface area (Å²) in [6.07, 6.45) is 0. The molecule has 0 bridgehead atoms. The van der Waals surface area contributed by atoms with E-state index in [9.17, 15) is 15.3 Å². The Balaban J connectivity index is 2.33. The average molecular weight is 334 g/mol. The molecule has 0 saturated carbocycles. The summed E-state index contributed by atoms with van der Waals surface area (Å²) in [6.45, 7) is 3.77. The van der Waals surface area contributed by atoms with E-state index in [0.717, 1.165) is 44.5 Å². The Labute approximate surface area is 147 Å². The first-order chi connectivity index (χ1) is 12.1. The summed E-state index contributed by atoms with van der Waals surface area (Å²) in [6, 6.07) is 17.1. The third-order valence-corrected chi connectivity index (χ3v) is 4.75. The summed E-state index contributed by atoms with van der Waals surface area (Å²) in [5.41, 5.74) is 7.05. The number of aliphatic hydroxyl groups is 2. The standard InChI is InChI=1S/C22H22O3/c1-14-20(18-9-5-3-7-16(18)12-23)11-21(25)15(2)22(14)19-10-6-4-8-17(19)13-24/h3-11,23-25H,12-13H2,1-2H3. The lowest BCUT2D eigenvalue weighted by Gasteiger charge is -2.19. The third-order valence-electron chi connectivity index (χ3n) is 4.75. The summed E-state index contributed by atoms with van der Waals surface area (Å²) < 4.78 is 0. The molecule has 0 spiro atoms. The summed E-state index contributed by atoms with van der Waals surface area (Å²) in [5.74, 6) is 0.205. The number of benzene rings is 3. The Morgan fingerprint density at radius 2 is 1.20 bits per heavy atom. The highest BCUT2D eigenvalue weighted by Crippen LogP contribution is 2.41. The molecule has 3 N–H and O–H groups in total. The van der Waals surface area contributed by atoms with Crippen LogP contribution in [0.5, 0.6) is 5.75 Å². The van der Waals surface area contributed by atoms with Crippen molar-refractivity contribution in [1.82, 2.24) is 0 Å². The van der Waals surface area contributed by atoms with Crippen LogP contribution in [0.1, 0.15) is 22.3 Å². The van der Waals surface area contributed by atoms with Crippen LogP contribution < -0.4 is 0 Å². The fraction of sp³-hybridized carbons (Fsp3) is 0.182. The SMILES string of the molecule is Cc1c(O)cc(-c2ccccc2CO)c(C)c1-c1ccccc1CO. The van der Waals surface area contributed by atoms with Crippen molar-refractivity contribution >= 4 is 0 Å². The molecule has 128 valence electrons. The van der Waals surface area contributed by atoms with Crippen molar-refractivity contribution < 1.29 is 15.3 Å². The smallest absolute Gasteiger partial charge is 0.119 e. The molecule has 3 heteroatoms. The van der Waals surface area contributed by atoms with Crippen molar-refractivity contribution in [3.63, 3.8) is 0 Å². The van der Waals surface area contributed by atoms with Gasteiger partial charge in [-0.3, -0.25) is 0 Å². The van der Waals surface area contributed by atoms with E-state index < -0.39 is 0 Å². The zero-order chi connectivity index (χ0) is 18.0. The predicted molar refractivity (Wildman–Crippen MR) is 100 cm³/mol. The van der Waals surface area contributed by atoms with Crippen LogP contribution in [-0.2, 0) is 13.2 Å². The van der Waals surface area contributed by atoms with Gasteiger partial charge in [-0.2, -0.15) is 0 Å². The van der Waals surface area contributed by atoms with E-state index >= 15 is 0 Å². The quantitative estimate of drug-likeness (QED) is 0.665. The van der Waals surface area contributed by atoms with Crippen molar-refractivity contribution in [2.75, 3.05) is 0 Å². The van der Waals surface area contributed by atoms with Gasteiger partial charge in [0.25, 0.3) is 0 Å². The number of phenolic OH excluding ortho intramolecular Hbond substituents is 1. The topological polar surface area (TPSA) is 60.7 Å². The molecule has 25 heavy (non-hydrogen) atoms. The summed E-state index contributed by atoms with van der Waals surface area (Å²) in [4.78, 5) is 0. The van der Waals surface area contributed by atoms with Crippen LogP contribution in [0.15, 0.2) is 54.6 Å². The highest BCUT2D eigenvalue weighted by Gasteiger charge is 2.18. The fourth-order valence-corrected chi connectivity index (χ4v) is 3.40. The van der Waals surface area contributed by atoms with Gasteiger partial charge in [0, 0.05) is 0 Å². The molecule has 0 atom stereocenters. The minimum absolute atomic E-state index is 0.0622. The van der Waals surface area contributed by atoms with Crippen molar-refractivity contribution in [3.05, 3.63) is 76.9 Å². The molecule has 3 aromatic rings. The molecule has 0 amide bonds. The fourth-order valence-electron chi connectivity index (χ4n) is 3.40. The van der Waals surface area contributed by atoms with Crippen LogP contribution in [0, 0.1) is 13.8 Å². The number of aromatic hydroxyl groups is 1. The first-order valence-corrected chi connectivity index (χ1v) is 8.30. The Bertz CT molecular complexity index is 913. The Kier molecular flexibility index (Phi) is 4.88. The number of rotatable bonds is 4. The Morgan fingerprint density at radius 3 is 1.80 bits per heavy atom. The van der Waals surface area contributed by atoms with E-state index in [1.54, 1.807) is 6.07 Å². The maximum absolute atomic E-state index is 10.5. The molecule has 0 saturated heterocycles. The van der Waals surface area contributed by atoms with Crippen molar-refractivity contribution in [2.24, 2.45) is 0 Å². The number of hydrogen-bond acceptors (Lipinski definition) is 3. The molecule has 0 aliphatic carbocycles. The molecule has 0 radical (unpaired) electrons. The number of hydrogen-bond donors (Lipinski definition) is 3. The molecule has 0 aromatic heterocycles. The number of aliphatic hydroxyl groups excluding tert-OH is 2. The van der Waals surface area contributed by atoms with Crippen LogP contribution >= 0.6 is 0 Å². The molecule has 3 rings (SSSR count).